The van der Waals surface area contributed by atoms with Crippen molar-refractivity contribution in [1.29, 1.82) is 0 Å². The van der Waals surface area contributed by atoms with Crippen LogP contribution in [-0.4, -0.2) is 33.5 Å². The molecule has 1 aromatic rings. The van der Waals surface area contributed by atoms with Gasteiger partial charge in [0.2, 0.25) is 0 Å². The van der Waals surface area contributed by atoms with Crippen molar-refractivity contribution in [2.75, 3.05) is 38.4 Å². The molecule has 3 N–H and O–H groups in total. The highest BCUT2D eigenvalue weighted by Crippen LogP contribution is 2.24. The Kier molecular flexibility index (Phi) is 5.59. The van der Waals surface area contributed by atoms with Gasteiger partial charge in [-0.15, -0.1) is 0 Å². The van der Waals surface area contributed by atoms with Crippen LogP contribution in [0.4, 0.5) is 11.4 Å². The molecule has 0 bridgehead atoms. The van der Waals surface area contributed by atoms with Crippen LogP contribution in [0.1, 0.15) is 0 Å². The minimum atomic E-state index is 0.0365. The van der Waals surface area contributed by atoms with E-state index in [0.717, 1.165) is 15.8 Å². The second-order valence-corrected chi connectivity index (χ2v) is 4.29. The molecule has 4 nitrogen and oxygen atoms in total. The summed E-state index contributed by atoms with van der Waals surface area (Å²) in [6.07, 6.45) is 0.0365. The Morgan fingerprint density at radius 1 is 1.44 bits per heavy atom. The van der Waals surface area contributed by atoms with Gasteiger partial charge in [0.1, 0.15) is 0 Å². The van der Waals surface area contributed by atoms with Crippen LogP contribution in [0.15, 0.2) is 22.7 Å². The molecule has 0 aliphatic rings. The van der Waals surface area contributed by atoms with Gasteiger partial charge >= 0.3 is 0 Å². The topological polar surface area (TPSA) is 56.5 Å². The van der Waals surface area contributed by atoms with Gasteiger partial charge in [-0.25, -0.2) is 0 Å². The Labute approximate surface area is 104 Å². The third-order valence-corrected chi connectivity index (χ3v) is 2.86. The van der Waals surface area contributed by atoms with Crippen molar-refractivity contribution >= 4 is 27.3 Å². The SMILES string of the molecule is COCC(CNc1ccc(N)cc1Br)OC. The van der Waals surface area contributed by atoms with Gasteiger partial charge in [0.05, 0.1) is 12.7 Å². The molecular weight excluding hydrogens is 272 g/mol. The third-order valence-electron chi connectivity index (χ3n) is 2.20. The van der Waals surface area contributed by atoms with Gasteiger partial charge in [0.15, 0.2) is 0 Å². The zero-order valence-electron chi connectivity index (χ0n) is 9.50. The zero-order valence-corrected chi connectivity index (χ0v) is 11.1. The number of halogens is 1. The molecule has 0 saturated heterocycles. The zero-order chi connectivity index (χ0) is 12.0. The van der Waals surface area contributed by atoms with Crippen LogP contribution in [-0.2, 0) is 9.47 Å². The molecule has 1 rings (SSSR count). The molecule has 0 radical (unpaired) electrons. The Morgan fingerprint density at radius 2 is 2.19 bits per heavy atom. The van der Waals surface area contributed by atoms with E-state index in [1.807, 2.05) is 18.2 Å². The summed E-state index contributed by atoms with van der Waals surface area (Å²) in [5.74, 6) is 0. The van der Waals surface area contributed by atoms with Gasteiger partial charge in [-0.2, -0.15) is 0 Å². The number of rotatable bonds is 6. The quantitative estimate of drug-likeness (QED) is 0.787. The van der Waals surface area contributed by atoms with Crippen LogP contribution in [0.3, 0.4) is 0 Å². The van der Waals surface area contributed by atoms with Crippen LogP contribution in [0.25, 0.3) is 0 Å². The number of hydrogen-bond donors (Lipinski definition) is 2. The average Bonchev–Trinajstić information content (AvgIpc) is 2.26. The fourth-order valence-electron chi connectivity index (χ4n) is 1.29. The first-order valence-corrected chi connectivity index (χ1v) is 5.77. The Bertz CT molecular complexity index is 334. The van der Waals surface area contributed by atoms with Gasteiger partial charge in [-0.05, 0) is 34.1 Å². The highest BCUT2D eigenvalue weighted by Gasteiger charge is 2.07. The summed E-state index contributed by atoms with van der Waals surface area (Å²) in [6.45, 7) is 1.25. The predicted octanol–water partition coefficient (Wildman–Crippen LogP) is 2.10. The van der Waals surface area contributed by atoms with Crippen LogP contribution in [0, 0.1) is 0 Å². The number of benzene rings is 1. The van der Waals surface area contributed by atoms with Gasteiger partial charge < -0.3 is 20.5 Å². The van der Waals surface area contributed by atoms with Crippen LogP contribution >= 0.6 is 15.9 Å². The molecule has 0 aliphatic heterocycles. The van der Waals surface area contributed by atoms with Crippen molar-refractivity contribution in [3.8, 4) is 0 Å². The normalized spacial score (nSPS) is 12.4. The summed E-state index contributed by atoms with van der Waals surface area (Å²) >= 11 is 3.44. The first-order valence-electron chi connectivity index (χ1n) is 4.98. The fourth-order valence-corrected chi connectivity index (χ4v) is 1.83. The Balaban J connectivity index is 2.53. The molecule has 1 unspecified atom stereocenters. The van der Waals surface area contributed by atoms with Crippen molar-refractivity contribution in [1.82, 2.24) is 0 Å². The van der Waals surface area contributed by atoms with E-state index in [1.165, 1.54) is 0 Å². The molecule has 0 aromatic heterocycles. The van der Waals surface area contributed by atoms with E-state index in [0.29, 0.717) is 13.2 Å². The van der Waals surface area contributed by atoms with Crippen molar-refractivity contribution in [3.63, 3.8) is 0 Å². The minimum absolute atomic E-state index is 0.0365. The van der Waals surface area contributed by atoms with Crippen LogP contribution in [0.2, 0.25) is 0 Å². The van der Waals surface area contributed by atoms with E-state index in [4.69, 9.17) is 15.2 Å². The van der Waals surface area contributed by atoms with Gasteiger partial charge in [-0.1, -0.05) is 0 Å². The molecule has 0 heterocycles. The van der Waals surface area contributed by atoms with Crippen molar-refractivity contribution < 1.29 is 9.47 Å². The van der Waals surface area contributed by atoms with Gasteiger partial charge in [0.25, 0.3) is 0 Å². The first-order chi connectivity index (χ1) is 7.67. The van der Waals surface area contributed by atoms with E-state index in [-0.39, 0.29) is 6.10 Å². The Hall–Kier alpha value is -0.780. The average molecular weight is 289 g/mol. The van der Waals surface area contributed by atoms with Crippen molar-refractivity contribution in [3.05, 3.63) is 22.7 Å². The molecule has 0 amide bonds. The smallest absolute Gasteiger partial charge is 0.0976 e. The summed E-state index contributed by atoms with van der Waals surface area (Å²) < 4.78 is 11.2. The molecule has 1 aromatic carbocycles. The van der Waals surface area contributed by atoms with Gasteiger partial charge in [-0.3, -0.25) is 0 Å². The number of hydrogen-bond acceptors (Lipinski definition) is 4. The maximum Gasteiger partial charge on any atom is 0.0976 e. The maximum absolute atomic E-state index is 5.65. The lowest BCUT2D eigenvalue weighted by atomic mass is 10.2. The molecule has 0 spiro atoms. The third kappa shape index (κ3) is 4.00. The number of anilines is 2. The molecule has 5 heteroatoms. The highest BCUT2D eigenvalue weighted by molar-refractivity contribution is 9.10. The first kappa shape index (κ1) is 13.3. The lowest BCUT2D eigenvalue weighted by molar-refractivity contribution is 0.0365. The van der Waals surface area contributed by atoms with E-state index in [1.54, 1.807) is 14.2 Å². The molecule has 0 saturated carbocycles. The summed E-state index contributed by atoms with van der Waals surface area (Å²) in [7, 11) is 3.33. The van der Waals surface area contributed by atoms with Crippen molar-refractivity contribution in [2.24, 2.45) is 0 Å². The van der Waals surface area contributed by atoms with Crippen molar-refractivity contribution in [2.45, 2.75) is 6.10 Å². The van der Waals surface area contributed by atoms with Gasteiger partial charge in [0, 0.05) is 36.6 Å². The minimum Gasteiger partial charge on any atom is -0.399 e. The molecule has 1 atom stereocenters. The fraction of sp³-hybridized carbons (Fsp3) is 0.455. The second kappa shape index (κ2) is 6.73. The summed E-state index contributed by atoms with van der Waals surface area (Å²) in [6, 6.07) is 5.64. The van der Waals surface area contributed by atoms with E-state index < -0.39 is 0 Å². The predicted molar refractivity (Wildman–Crippen MR) is 69.7 cm³/mol. The largest absolute Gasteiger partial charge is 0.399 e. The number of ether oxygens (including phenoxy) is 2. The number of methoxy groups -OCH3 is 2. The monoisotopic (exact) mass is 288 g/mol. The highest BCUT2D eigenvalue weighted by atomic mass is 79.9. The van der Waals surface area contributed by atoms with E-state index in [2.05, 4.69) is 21.2 Å². The van der Waals surface area contributed by atoms with E-state index >= 15 is 0 Å². The molecule has 16 heavy (non-hydrogen) atoms. The van der Waals surface area contributed by atoms with Crippen LogP contribution < -0.4 is 11.1 Å². The van der Waals surface area contributed by atoms with E-state index in [9.17, 15) is 0 Å². The van der Waals surface area contributed by atoms with Crippen LogP contribution in [0.5, 0.6) is 0 Å². The molecular formula is C11H17BrN2O2. The summed E-state index contributed by atoms with van der Waals surface area (Å²) in [5.41, 5.74) is 7.38. The lowest BCUT2D eigenvalue weighted by Crippen LogP contribution is -2.26. The molecule has 0 aliphatic carbocycles. The number of nitrogen functional groups attached to an aromatic ring is 1. The number of nitrogens with one attached hydrogen (secondary N) is 1. The second-order valence-electron chi connectivity index (χ2n) is 3.43. The Morgan fingerprint density at radius 3 is 2.75 bits per heavy atom. The standard InChI is InChI=1S/C11H17BrN2O2/c1-15-7-9(16-2)6-14-11-4-3-8(13)5-10(11)12/h3-5,9,14H,6-7,13H2,1-2H3. The lowest BCUT2D eigenvalue weighted by Gasteiger charge is -2.16. The maximum atomic E-state index is 5.65. The number of nitrogens with two attached hydrogens (primary N) is 1. The molecule has 90 valence electrons. The molecule has 0 fully saturated rings. The summed E-state index contributed by atoms with van der Waals surface area (Å²) in [4.78, 5) is 0. The summed E-state index contributed by atoms with van der Waals surface area (Å²) in [5, 5.41) is 3.27.